The zero-order chi connectivity index (χ0) is 41.8. The van der Waals surface area contributed by atoms with E-state index in [0.29, 0.717) is 38.0 Å². The van der Waals surface area contributed by atoms with E-state index in [2.05, 4.69) is 26.6 Å². The summed E-state index contributed by atoms with van der Waals surface area (Å²) in [5, 5.41) is 32.0. The lowest BCUT2D eigenvalue weighted by Gasteiger charge is -2.29. The number of nitrogens with two attached hydrogens (primary N) is 2. The Kier molecular flexibility index (Phi) is 30.1. The highest BCUT2D eigenvalue weighted by atomic mass is 32.2. The zero-order valence-electron chi connectivity index (χ0n) is 33.8. The summed E-state index contributed by atoms with van der Waals surface area (Å²) in [7, 11) is 0. The van der Waals surface area contributed by atoms with Crippen LogP contribution in [0.3, 0.4) is 0 Å². The highest BCUT2D eigenvalue weighted by Crippen LogP contribution is 2.13. The van der Waals surface area contributed by atoms with Crippen LogP contribution >= 0.6 is 11.8 Å². The van der Waals surface area contributed by atoms with Crippen LogP contribution in [0.2, 0.25) is 0 Å². The third kappa shape index (κ3) is 22.7. The molecule has 0 bridgehead atoms. The third-order valence-electron chi connectivity index (χ3n) is 8.67. The van der Waals surface area contributed by atoms with Gasteiger partial charge in [-0.1, -0.05) is 74.1 Å². The van der Waals surface area contributed by atoms with Gasteiger partial charge in [-0.25, -0.2) is 4.79 Å². The topological polar surface area (TPSA) is 272 Å². The fourth-order valence-electron chi connectivity index (χ4n) is 5.28. The fraction of sp³-hybridized carbons (Fsp3) is 0.811. The van der Waals surface area contributed by atoms with E-state index < -0.39 is 77.7 Å². The summed E-state index contributed by atoms with van der Waals surface area (Å²) in [6, 6.07) is -6.60. The van der Waals surface area contributed by atoms with Crippen molar-refractivity contribution >= 4 is 53.2 Å². The smallest absolute Gasteiger partial charge is 0.326 e. The summed E-state index contributed by atoms with van der Waals surface area (Å²) in [4.78, 5) is 90.1. The van der Waals surface area contributed by atoms with Crippen LogP contribution in [-0.4, -0.2) is 106 Å². The molecular formula is C37H71N7O9S. The molecule has 54 heavy (non-hydrogen) atoms. The van der Waals surface area contributed by atoms with Crippen molar-refractivity contribution in [3.05, 3.63) is 0 Å². The highest BCUT2D eigenvalue weighted by molar-refractivity contribution is 7.98. The Labute approximate surface area is 326 Å². The second kappa shape index (κ2) is 30.8. The quantitative estimate of drug-likeness (QED) is 0.0494. The molecule has 0 saturated carbocycles. The van der Waals surface area contributed by atoms with E-state index in [-0.39, 0.29) is 50.4 Å². The van der Waals surface area contributed by atoms with Crippen molar-refractivity contribution in [1.82, 2.24) is 26.6 Å². The van der Waals surface area contributed by atoms with Crippen molar-refractivity contribution in [1.29, 1.82) is 0 Å². The van der Waals surface area contributed by atoms with E-state index in [1.807, 2.05) is 47.8 Å². The van der Waals surface area contributed by atoms with Gasteiger partial charge in [0.05, 0.1) is 6.04 Å². The maximum Gasteiger partial charge on any atom is 0.326 e. The first-order chi connectivity index (χ1) is 25.5. The van der Waals surface area contributed by atoms with E-state index in [4.69, 9.17) is 16.6 Å². The summed E-state index contributed by atoms with van der Waals surface area (Å²) >= 11 is 1.45. The van der Waals surface area contributed by atoms with E-state index in [1.54, 1.807) is 6.92 Å². The predicted molar refractivity (Wildman–Crippen MR) is 212 cm³/mol. The van der Waals surface area contributed by atoms with Crippen LogP contribution < -0.4 is 38.1 Å². The molecule has 0 aliphatic rings. The molecule has 0 aliphatic heterocycles. The SMILES string of the molecule is CC.CCCCCC(NC(=O)C(CCCCN)NC(=O)C(NC(=O)C(N)CCC(=O)O)C(C)CC)C(=O)NC(CC(C)C)C(=O)NC(CCSC)C(=O)O. The Bertz CT molecular complexity index is 1150. The van der Waals surface area contributed by atoms with E-state index in [0.717, 1.165) is 12.8 Å². The van der Waals surface area contributed by atoms with Crippen LogP contribution in [0.25, 0.3) is 0 Å². The number of hydrogen-bond acceptors (Lipinski definition) is 10. The van der Waals surface area contributed by atoms with Gasteiger partial charge in [-0.2, -0.15) is 11.8 Å². The van der Waals surface area contributed by atoms with Crippen molar-refractivity contribution in [3.63, 3.8) is 0 Å². The van der Waals surface area contributed by atoms with Gasteiger partial charge in [0.2, 0.25) is 29.5 Å². The van der Waals surface area contributed by atoms with Crippen LogP contribution in [-0.2, 0) is 33.6 Å². The number of carboxylic acid groups (broad SMARTS) is 2. The average molecular weight is 790 g/mol. The molecule has 17 heteroatoms. The van der Waals surface area contributed by atoms with Gasteiger partial charge in [-0.3, -0.25) is 28.8 Å². The molecule has 0 heterocycles. The largest absolute Gasteiger partial charge is 0.481 e. The number of aliphatic carboxylic acids is 2. The minimum Gasteiger partial charge on any atom is -0.481 e. The second-order valence-corrected chi connectivity index (χ2v) is 14.7. The molecule has 0 rings (SSSR count). The Morgan fingerprint density at radius 1 is 0.648 bits per heavy atom. The normalized spacial score (nSPS) is 14.8. The minimum atomic E-state index is -1.18. The molecule has 0 fully saturated rings. The molecule has 7 unspecified atom stereocenters. The lowest BCUT2D eigenvalue weighted by molar-refractivity contribution is -0.142. The Balaban J connectivity index is 0. The molecule has 0 aromatic carbocycles. The number of unbranched alkanes of at least 4 members (excludes halogenated alkanes) is 3. The van der Waals surface area contributed by atoms with Gasteiger partial charge in [-0.05, 0) is 75.3 Å². The number of carbonyl (C=O) groups is 7. The molecule has 0 aromatic heterocycles. The van der Waals surface area contributed by atoms with Gasteiger partial charge in [0.1, 0.15) is 30.2 Å². The molecule has 0 saturated heterocycles. The van der Waals surface area contributed by atoms with Crippen molar-refractivity contribution < 1.29 is 43.8 Å². The maximum absolute atomic E-state index is 13.8. The number of amides is 5. The first-order valence-electron chi connectivity index (χ1n) is 19.4. The molecule has 0 spiro atoms. The number of nitrogens with one attached hydrogen (secondary N) is 5. The van der Waals surface area contributed by atoms with Crippen LogP contribution in [0.1, 0.15) is 126 Å². The molecule has 7 atom stereocenters. The van der Waals surface area contributed by atoms with E-state index >= 15 is 0 Å². The number of carbonyl (C=O) groups excluding carboxylic acids is 5. The fourth-order valence-corrected chi connectivity index (χ4v) is 5.75. The van der Waals surface area contributed by atoms with E-state index in [9.17, 15) is 38.7 Å². The van der Waals surface area contributed by atoms with Gasteiger partial charge < -0.3 is 48.3 Å². The standard InChI is InChI=1S/C35H65N7O9S.C2H6/c1-7-9-10-13-24(32(47)41-27(20-21(3)4)33(48)40-26(35(50)51)17-19-52-6)38-31(46)25(14-11-12-18-36)39-34(49)29(22(5)8-2)42-30(45)23(37)15-16-28(43)44;1-2/h21-27,29H,7-20,36-37H2,1-6H3,(H,38,46)(H,39,49)(H,40,48)(H,41,47)(H,42,45)(H,43,44)(H,50,51);1-2H3. The highest BCUT2D eigenvalue weighted by Gasteiger charge is 2.34. The number of thioether (sulfide) groups is 1. The summed E-state index contributed by atoms with van der Waals surface area (Å²) in [5.41, 5.74) is 11.6. The maximum atomic E-state index is 13.8. The van der Waals surface area contributed by atoms with Crippen molar-refractivity contribution in [2.24, 2.45) is 23.3 Å². The molecule has 16 nitrogen and oxygen atoms in total. The van der Waals surface area contributed by atoms with Gasteiger partial charge in [0.15, 0.2) is 0 Å². The molecule has 5 amide bonds. The van der Waals surface area contributed by atoms with Crippen molar-refractivity contribution in [3.8, 4) is 0 Å². The molecule has 0 aliphatic carbocycles. The summed E-state index contributed by atoms with van der Waals surface area (Å²) in [6.07, 6.45) is 5.95. The Morgan fingerprint density at radius 3 is 1.61 bits per heavy atom. The summed E-state index contributed by atoms with van der Waals surface area (Å²) in [6.45, 7) is 13.6. The third-order valence-corrected chi connectivity index (χ3v) is 9.32. The minimum absolute atomic E-state index is 0.0357. The second-order valence-electron chi connectivity index (χ2n) is 13.7. The average Bonchev–Trinajstić information content (AvgIpc) is 3.13. The van der Waals surface area contributed by atoms with Gasteiger partial charge in [0.25, 0.3) is 0 Å². The molecule has 0 aromatic rings. The lowest BCUT2D eigenvalue weighted by Crippen LogP contribution is -2.60. The summed E-state index contributed by atoms with van der Waals surface area (Å²) in [5.74, 6) is -5.42. The Morgan fingerprint density at radius 2 is 1.15 bits per heavy atom. The van der Waals surface area contributed by atoms with Gasteiger partial charge in [-0.15, -0.1) is 0 Å². The summed E-state index contributed by atoms with van der Waals surface area (Å²) < 4.78 is 0. The van der Waals surface area contributed by atoms with Crippen molar-refractivity contribution in [2.75, 3.05) is 18.6 Å². The number of carboxylic acids is 2. The van der Waals surface area contributed by atoms with Crippen LogP contribution in [0.5, 0.6) is 0 Å². The Hall–Kier alpha value is -3.44. The first-order valence-corrected chi connectivity index (χ1v) is 20.8. The number of rotatable bonds is 29. The van der Waals surface area contributed by atoms with Crippen LogP contribution in [0.15, 0.2) is 0 Å². The number of hydrogen-bond donors (Lipinski definition) is 9. The van der Waals surface area contributed by atoms with E-state index in [1.165, 1.54) is 11.8 Å². The van der Waals surface area contributed by atoms with Crippen LogP contribution in [0, 0.1) is 11.8 Å². The van der Waals surface area contributed by atoms with Gasteiger partial charge in [0, 0.05) is 6.42 Å². The predicted octanol–water partition coefficient (Wildman–Crippen LogP) is 2.27. The zero-order valence-corrected chi connectivity index (χ0v) is 34.6. The van der Waals surface area contributed by atoms with Crippen molar-refractivity contribution in [2.45, 2.75) is 162 Å². The monoisotopic (exact) mass is 790 g/mol. The molecule has 11 N–H and O–H groups in total. The molecule has 314 valence electrons. The van der Waals surface area contributed by atoms with Gasteiger partial charge >= 0.3 is 11.9 Å². The lowest BCUT2D eigenvalue weighted by atomic mass is 9.96. The first kappa shape index (κ1) is 52.7. The molecule has 0 radical (unpaired) electrons. The molecular weight excluding hydrogens is 719 g/mol. The van der Waals surface area contributed by atoms with Crippen LogP contribution in [0.4, 0.5) is 0 Å².